The van der Waals surface area contributed by atoms with E-state index < -0.39 is 35.4 Å². The number of aliphatic carboxylic acids is 2. The molecule has 1 aliphatic heterocycles. The van der Waals surface area contributed by atoms with Gasteiger partial charge >= 0.3 is 11.9 Å². The predicted octanol–water partition coefficient (Wildman–Crippen LogP) is -1.36. The van der Waals surface area contributed by atoms with Crippen LogP contribution in [0, 0.1) is 5.92 Å². The van der Waals surface area contributed by atoms with Crippen LogP contribution in [0.25, 0.3) is 0 Å². The fraction of sp³-hybridized carbons (Fsp3) is 0.250. The van der Waals surface area contributed by atoms with Gasteiger partial charge in [0.15, 0.2) is 0 Å². The number of primary amides is 1. The fourth-order valence-electron chi connectivity index (χ4n) is 1.29. The molecule has 0 spiro atoms. The molecule has 2 unspecified atom stereocenters. The number of rotatable bonds is 3. The highest BCUT2D eigenvalue weighted by molar-refractivity contribution is 6.03. The van der Waals surface area contributed by atoms with Crippen LogP contribution in [0.2, 0.25) is 0 Å². The summed E-state index contributed by atoms with van der Waals surface area (Å²) < 4.78 is 0. The molecular formula is C8H8N2O5. The van der Waals surface area contributed by atoms with Crippen LogP contribution < -0.4 is 5.73 Å². The lowest BCUT2D eigenvalue weighted by Gasteiger charge is -2.20. The number of allylic oxidation sites excluding steroid dienone is 1. The van der Waals surface area contributed by atoms with E-state index in [1.807, 2.05) is 0 Å². The molecule has 0 aliphatic carbocycles. The van der Waals surface area contributed by atoms with Gasteiger partial charge in [-0.1, -0.05) is 0 Å². The first kappa shape index (κ1) is 10.9. The summed E-state index contributed by atoms with van der Waals surface area (Å²) in [7, 11) is 0. The summed E-state index contributed by atoms with van der Waals surface area (Å²) in [5.41, 5.74) is 4.52. The normalized spacial score (nSPS) is 24.4. The van der Waals surface area contributed by atoms with E-state index in [1.54, 1.807) is 0 Å². The summed E-state index contributed by atoms with van der Waals surface area (Å²) in [6.07, 6.45) is 2.11. The third-order valence-corrected chi connectivity index (χ3v) is 1.96. The van der Waals surface area contributed by atoms with Crippen molar-refractivity contribution in [1.82, 2.24) is 0 Å². The highest BCUT2D eigenvalue weighted by Crippen LogP contribution is 2.21. The van der Waals surface area contributed by atoms with Gasteiger partial charge in [-0.25, -0.2) is 4.79 Å². The highest BCUT2D eigenvalue weighted by Gasteiger charge is 2.39. The number of hydrogen-bond acceptors (Lipinski definition) is 4. The van der Waals surface area contributed by atoms with Crippen LogP contribution in [0.3, 0.4) is 0 Å². The van der Waals surface area contributed by atoms with E-state index in [1.165, 1.54) is 0 Å². The van der Waals surface area contributed by atoms with Crippen LogP contribution in [-0.4, -0.2) is 40.3 Å². The van der Waals surface area contributed by atoms with Crippen molar-refractivity contribution < 1.29 is 24.6 Å². The van der Waals surface area contributed by atoms with Gasteiger partial charge in [0, 0.05) is 6.21 Å². The van der Waals surface area contributed by atoms with Gasteiger partial charge < -0.3 is 15.9 Å². The Kier molecular flexibility index (Phi) is 2.84. The van der Waals surface area contributed by atoms with Gasteiger partial charge in [0.05, 0.1) is 5.57 Å². The lowest BCUT2D eigenvalue weighted by atomic mass is 9.89. The largest absolute Gasteiger partial charge is 0.481 e. The van der Waals surface area contributed by atoms with Gasteiger partial charge in [0.1, 0.15) is 12.0 Å². The first-order valence-electron chi connectivity index (χ1n) is 3.94. The first-order chi connectivity index (χ1) is 6.95. The molecule has 0 fully saturated rings. The molecule has 1 rings (SSSR count). The van der Waals surface area contributed by atoms with Crippen molar-refractivity contribution in [2.45, 2.75) is 6.04 Å². The average Bonchev–Trinajstić information content (AvgIpc) is 2.16. The van der Waals surface area contributed by atoms with Crippen LogP contribution in [-0.2, 0) is 14.4 Å². The van der Waals surface area contributed by atoms with Gasteiger partial charge in [-0.15, -0.1) is 0 Å². The Balaban J connectivity index is 3.14. The molecule has 0 aromatic carbocycles. The molecule has 4 N–H and O–H groups in total. The zero-order valence-electron chi connectivity index (χ0n) is 7.45. The zero-order chi connectivity index (χ0) is 11.6. The second-order valence-corrected chi connectivity index (χ2v) is 2.89. The number of amides is 1. The number of aliphatic imine (C=N–C) groups is 1. The van der Waals surface area contributed by atoms with Crippen molar-refractivity contribution in [3.8, 4) is 0 Å². The number of dihydropyridines is 1. The molecule has 7 nitrogen and oxygen atoms in total. The van der Waals surface area contributed by atoms with Crippen molar-refractivity contribution in [1.29, 1.82) is 0 Å². The number of carboxylic acids is 2. The minimum Gasteiger partial charge on any atom is -0.481 e. The number of carboxylic acid groups (broad SMARTS) is 2. The molecule has 0 aromatic rings. The standard InChI is InChI=1S/C8H8N2O5/c9-6(11)5-4(8(14)15)3(7(12)13)1-2-10-5/h1-2,4-5H,(H2,9,11)(H,12,13)(H,14,15). The topological polar surface area (TPSA) is 130 Å². The summed E-state index contributed by atoms with van der Waals surface area (Å²) in [5, 5.41) is 17.5. The Labute approximate surface area is 83.9 Å². The minimum atomic E-state index is -1.52. The van der Waals surface area contributed by atoms with Crippen molar-refractivity contribution >= 4 is 24.1 Å². The van der Waals surface area contributed by atoms with E-state index in [-0.39, 0.29) is 0 Å². The van der Waals surface area contributed by atoms with Crippen LogP contribution in [0.1, 0.15) is 0 Å². The smallest absolute Gasteiger partial charge is 0.332 e. The van der Waals surface area contributed by atoms with E-state index >= 15 is 0 Å². The molecule has 80 valence electrons. The predicted molar refractivity (Wildman–Crippen MR) is 48.3 cm³/mol. The van der Waals surface area contributed by atoms with Crippen molar-refractivity contribution in [2.24, 2.45) is 16.6 Å². The average molecular weight is 212 g/mol. The van der Waals surface area contributed by atoms with E-state index in [0.29, 0.717) is 0 Å². The molecule has 0 radical (unpaired) electrons. The zero-order valence-corrected chi connectivity index (χ0v) is 7.45. The molecular weight excluding hydrogens is 204 g/mol. The third kappa shape index (κ3) is 2.01. The van der Waals surface area contributed by atoms with Gasteiger partial charge in [-0.3, -0.25) is 14.6 Å². The Morgan fingerprint density at radius 1 is 1.33 bits per heavy atom. The quantitative estimate of drug-likeness (QED) is 0.531. The minimum absolute atomic E-state index is 0.402. The maximum atomic E-state index is 10.9. The molecule has 0 aromatic heterocycles. The molecule has 1 aliphatic rings. The molecule has 0 saturated heterocycles. The van der Waals surface area contributed by atoms with Gasteiger partial charge in [0.25, 0.3) is 0 Å². The van der Waals surface area contributed by atoms with Crippen molar-refractivity contribution in [2.75, 3.05) is 0 Å². The molecule has 1 amide bonds. The molecule has 7 heteroatoms. The van der Waals surface area contributed by atoms with E-state index in [9.17, 15) is 14.4 Å². The van der Waals surface area contributed by atoms with E-state index in [4.69, 9.17) is 15.9 Å². The molecule has 0 saturated carbocycles. The third-order valence-electron chi connectivity index (χ3n) is 1.96. The van der Waals surface area contributed by atoms with Crippen LogP contribution in [0.15, 0.2) is 16.6 Å². The number of hydrogen-bond donors (Lipinski definition) is 3. The lowest BCUT2D eigenvalue weighted by Crippen LogP contribution is -2.42. The molecule has 2 atom stereocenters. The van der Waals surface area contributed by atoms with E-state index in [0.717, 1.165) is 12.3 Å². The van der Waals surface area contributed by atoms with Crippen molar-refractivity contribution in [3.05, 3.63) is 11.6 Å². The molecule has 15 heavy (non-hydrogen) atoms. The number of nitrogens with two attached hydrogens (primary N) is 1. The number of carbonyl (C=O) groups excluding carboxylic acids is 1. The molecule has 1 heterocycles. The second kappa shape index (κ2) is 3.91. The summed E-state index contributed by atoms with van der Waals surface area (Å²) >= 11 is 0. The summed E-state index contributed by atoms with van der Waals surface area (Å²) in [6, 6.07) is -1.36. The lowest BCUT2D eigenvalue weighted by molar-refractivity contribution is -0.145. The van der Waals surface area contributed by atoms with Gasteiger partial charge in [-0.05, 0) is 6.08 Å². The summed E-state index contributed by atoms with van der Waals surface area (Å²) in [5.74, 6) is -5.33. The number of nitrogens with zero attached hydrogens (tertiary/aromatic N) is 1. The second-order valence-electron chi connectivity index (χ2n) is 2.89. The summed E-state index contributed by atoms with van der Waals surface area (Å²) in [4.78, 5) is 35.9. The van der Waals surface area contributed by atoms with Crippen LogP contribution >= 0.6 is 0 Å². The maximum Gasteiger partial charge on any atom is 0.332 e. The maximum absolute atomic E-state index is 10.9. The Morgan fingerprint density at radius 2 is 1.93 bits per heavy atom. The van der Waals surface area contributed by atoms with E-state index in [2.05, 4.69) is 4.99 Å². The first-order valence-corrected chi connectivity index (χ1v) is 3.94. The Bertz CT molecular complexity index is 384. The monoisotopic (exact) mass is 212 g/mol. The van der Waals surface area contributed by atoms with Gasteiger partial charge in [-0.2, -0.15) is 0 Å². The Hall–Kier alpha value is -2.18. The summed E-state index contributed by atoms with van der Waals surface area (Å²) in [6.45, 7) is 0. The Morgan fingerprint density at radius 3 is 2.33 bits per heavy atom. The SMILES string of the molecule is NC(=O)C1N=CC=C(C(=O)O)C1C(=O)O. The van der Waals surface area contributed by atoms with Crippen LogP contribution in [0.5, 0.6) is 0 Å². The van der Waals surface area contributed by atoms with Crippen LogP contribution in [0.4, 0.5) is 0 Å². The van der Waals surface area contributed by atoms with Gasteiger partial charge in [0.2, 0.25) is 5.91 Å². The fourth-order valence-corrected chi connectivity index (χ4v) is 1.29. The molecule has 0 bridgehead atoms. The number of carbonyl (C=O) groups is 3. The highest BCUT2D eigenvalue weighted by atomic mass is 16.4. The van der Waals surface area contributed by atoms with Crippen molar-refractivity contribution in [3.63, 3.8) is 0 Å².